The van der Waals surface area contributed by atoms with E-state index in [2.05, 4.69) is 5.10 Å². The van der Waals surface area contributed by atoms with E-state index in [1.165, 1.54) is 0 Å². The van der Waals surface area contributed by atoms with Crippen LogP contribution in [0.2, 0.25) is 0 Å². The van der Waals surface area contributed by atoms with Crippen molar-refractivity contribution in [3.63, 3.8) is 0 Å². The second kappa shape index (κ2) is 6.45. The molecule has 0 fully saturated rings. The minimum absolute atomic E-state index is 0.478. The lowest BCUT2D eigenvalue weighted by Gasteiger charge is -2.41. The minimum Gasteiger partial charge on any atom is -0.337 e. The molecule has 1 unspecified atom stereocenters. The zero-order valence-corrected chi connectivity index (χ0v) is 14.0. The van der Waals surface area contributed by atoms with Gasteiger partial charge >= 0.3 is 0 Å². The van der Waals surface area contributed by atoms with Gasteiger partial charge in [0.15, 0.2) is 6.17 Å². The first-order chi connectivity index (χ1) is 8.25. The minimum atomic E-state index is -1.80. The van der Waals surface area contributed by atoms with Crippen molar-refractivity contribution in [3.05, 3.63) is 0 Å². The van der Waals surface area contributed by atoms with Crippen molar-refractivity contribution in [1.29, 1.82) is 0 Å². The Bertz CT molecular complexity index is 286. The standard InChI is InChI=1S/C10H16Cl5N3/c1-3-5-17-7-16-18(6-4-2)8(17)9(11,12)10(13,14)15/h7-8H,3-6H2,1-2H3. The molecule has 18 heavy (non-hydrogen) atoms. The van der Waals surface area contributed by atoms with Gasteiger partial charge in [-0.3, -0.25) is 5.01 Å². The molecule has 1 aliphatic heterocycles. The van der Waals surface area contributed by atoms with E-state index in [0.29, 0.717) is 6.54 Å². The van der Waals surface area contributed by atoms with Crippen LogP contribution >= 0.6 is 58.0 Å². The number of alkyl halides is 5. The van der Waals surface area contributed by atoms with Crippen LogP contribution in [0.15, 0.2) is 5.10 Å². The molecule has 0 saturated heterocycles. The molecule has 0 aliphatic carbocycles. The van der Waals surface area contributed by atoms with Crippen molar-refractivity contribution in [2.45, 2.75) is 41.0 Å². The summed E-state index contributed by atoms with van der Waals surface area (Å²) in [4.78, 5) is 1.90. The van der Waals surface area contributed by atoms with Crippen molar-refractivity contribution in [1.82, 2.24) is 9.91 Å². The highest BCUT2D eigenvalue weighted by molar-refractivity contribution is 6.75. The zero-order valence-electron chi connectivity index (χ0n) is 10.2. The largest absolute Gasteiger partial charge is 0.337 e. The Morgan fingerprint density at radius 2 is 1.61 bits per heavy atom. The fourth-order valence-electron chi connectivity index (χ4n) is 1.82. The molecule has 0 radical (unpaired) electrons. The van der Waals surface area contributed by atoms with Gasteiger partial charge in [0.2, 0.25) is 8.13 Å². The number of hydrogen-bond acceptors (Lipinski definition) is 3. The van der Waals surface area contributed by atoms with Gasteiger partial charge in [-0.05, 0) is 12.8 Å². The third-order valence-corrected chi connectivity index (χ3v) is 5.01. The molecule has 0 spiro atoms. The van der Waals surface area contributed by atoms with Gasteiger partial charge < -0.3 is 4.90 Å². The fraction of sp³-hybridized carbons (Fsp3) is 0.900. The number of halogens is 5. The van der Waals surface area contributed by atoms with Gasteiger partial charge in [0, 0.05) is 13.1 Å². The van der Waals surface area contributed by atoms with E-state index < -0.39 is 14.3 Å². The van der Waals surface area contributed by atoms with E-state index in [4.69, 9.17) is 58.0 Å². The summed E-state index contributed by atoms with van der Waals surface area (Å²) >= 11 is 30.3. The van der Waals surface area contributed by atoms with E-state index in [1.54, 1.807) is 11.3 Å². The van der Waals surface area contributed by atoms with Crippen molar-refractivity contribution in [2.75, 3.05) is 13.1 Å². The molecule has 0 bridgehead atoms. The van der Waals surface area contributed by atoms with Crippen LogP contribution in [0.1, 0.15) is 26.7 Å². The summed E-state index contributed by atoms with van der Waals surface area (Å²) in [7, 11) is 0. The van der Waals surface area contributed by atoms with Crippen molar-refractivity contribution in [3.8, 4) is 0 Å². The van der Waals surface area contributed by atoms with Gasteiger partial charge in [-0.1, -0.05) is 71.9 Å². The smallest absolute Gasteiger partial charge is 0.227 e. The molecule has 1 atom stereocenters. The SMILES string of the molecule is CCCN1C=NN(CCC)C1C(Cl)(Cl)C(Cl)(Cl)Cl. The van der Waals surface area contributed by atoms with Crippen LogP contribution in [-0.4, -0.2) is 43.6 Å². The van der Waals surface area contributed by atoms with Gasteiger partial charge in [0.25, 0.3) is 0 Å². The van der Waals surface area contributed by atoms with E-state index >= 15 is 0 Å². The maximum absolute atomic E-state index is 6.29. The van der Waals surface area contributed by atoms with Crippen molar-refractivity contribution >= 4 is 64.3 Å². The molecule has 1 aliphatic rings. The predicted octanol–water partition coefficient (Wildman–Crippen LogP) is 4.24. The first kappa shape index (κ1) is 16.8. The van der Waals surface area contributed by atoms with Crippen molar-refractivity contribution in [2.24, 2.45) is 5.10 Å². The van der Waals surface area contributed by atoms with E-state index in [9.17, 15) is 0 Å². The van der Waals surface area contributed by atoms with Gasteiger partial charge in [0.05, 0.1) is 0 Å². The molecule has 106 valence electrons. The molecular formula is C10H16Cl5N3. The van der Waals surface area contributed by atoms with E-state index in [1.807, 2.05) is 18.7 Å². The molecule has 8 heteroatoms. The maximum Gasteiger partial charge on any atom is 0.227 e. The summed E-state index contributed by atoms with van der Waals surface area (Å²) in [6.45, 7) is 5.53. The van der Waals surface area contributed by atoms with Crippen LogP contribution in [0.4, 0.5) is 0 Å². The molecule has 0 aromatic carbocycles. The second-order valence-corrected chi connectivity index (χ2v) is 7.79. The molecule has 0 N–H and O–H groups in total. The summed E-state index contributed by atoms with van der Waals surface area (Å²) in [5, 5.41) is 6.04. The summed E-state index contributed by atoms with van der Waals surface area (Å²) < 4.78 is -3.37. The molecule has 0 aromatic rings. The Hall–Kier alpha value is 0.720. The highest BCUT2D eigenvalue weighted by atomic mass is 35.6. The normalized spacial score (nSPS) is 20.9. The molecule has 0 saturated carbocycles. The van der Waals surface area contributed by atoms with Gasteiger partial charge in [-0.15, -0.1) is 0 Å². The third-order valence-electron chi connectivity index (χ3n) is 2.58. The Labute approximate surface area is 133 Å². The van der Waals surface area contributed by atoms with Crippen LogP contribution in [0.25, 0.3) is 0 Å². The van der Waals surface area contributed by atoms with Crippen LogP contribution in [-0.2, 0) is 0 Å². The quantitative estimate of drug-likeness (QED) is 0.687. The lowest BCUT2D eigenvalue weighted by Crippen LogP contribution is -2.57. The average molecular weight is 356 g/mol. The lowest BCUT2D eigenvalue weighted by atomic mass is 10.2. The molecule has 0 amide bonds. The molecule has 3 nitrogen and oxygen atoms in total. The van der Waals surface area contributed by atoms with Crippen LogP contribution in [0, 0.1) is 0 Å². The van der Waals surface area contributed by atoms with E-state index in [0.717, 1.165) is 19.4 Å². The number of hydrazone groups is 1. The maximum atomic E-state index is 6.29. The Balaban J connectivity index is 2.97. The van der Waals surface area contributed by atoms with Gasteiger partial charge in [0.1, 0.15) is 6.34 Å². The van der Waals surface area contributed by atoms with Crippen LogP contribution < -0.4 is 0 Å². The Morgan fingerprint density at radius 3 is 2.06 bits per heavy atom. The topological polar surface area (TPSA) is 18.8 Å². The Kier molecular flexibility index (Phi) is 6.01. The zero-order chi connectivity index (χ0) is 14.0. The second-order valence-electron chi connectivity index (χ2n) is 4.13. The number of rotatable bonds is 5. The first-order valence-electron chi connectivity index (χ1n) is 5.76. The van der Waals surface area contributed by atoms with Gasteiger partial charge in [-0.2, -0.15) is 5.10 Å². The fourth-order valence-corrected chi connectivity index (χ4v) is 2.59. The summed E-state index contributed by atoms with van der Waals surface area (Å²) in [5.41, 5.74) is 0. The van der Waals surface area contributed by atoms with Crippen molar-refractivity contribution < 1.29 is 0 Å². The molecule has 1 rings (SSSR count). The molecule has 1 heterocycles. The predicted molar refractivity (Wildman–Crippen MR) is 81.0 cm³/mol. The monoisotopic (exact) mass is 353 g/mol. The summed E-state index contributed by atoms with van der Waals surface area (Å²) in [6, 6.07) is 0. The molecular weight excluding hydrogens is 339 g/mol. The third kappa shape index (κ3) is 3.43. The summed E-state index contributed by atoms with van der Waals surface area (Å²) in [5.74, 6) is 0. The summed E-state index contributed by atoms with van der Waals surface area (Å²) in [6.07, 6.45) is 3.04. The lowest BCUT2D eigenvalue weighted by molar-refractivity contribution is 0.115. The first-order valence-corrected chi connectivity index (χ1v) is 7.65. The highest BCUT2D eigenvalue weighted by Crippen LogP contribution is 2.50. The molecule has 0 aromatic heterocycles. The van der Waals surface area contributed by atoms with E-state index in [-0.39, 0.29) is 0 Å². The van der Waals surface area contributed by atoms with Crippen LogP contribution in [0.5, 0.6) is 0 Å². The average Bonchev–Trinajstić information content (AvgIpc) is 2.61. The number of nitrogens with zero attached hydrogens (tertiary/aromatic N) is 3. The number of hydrogen-bond donors (Lipinski definition) is 0. The van der Waals surface area contributed by atoms with Crippen LogP contribution in [0.3, 0.4) is 0 Å². The highest BCUT2D eigenvalue weighted by Gasteiger charge is 2.57. The Morgan fingerprint density at radius 1 is 1.06 bits per heavy atom. The van der Waals surface area contributed by atoms with Gasteiger partial charge in [-0.25, -0.2) is 0 Å².